The monoisotopic (exact) mass is 411 g/mol. The molecular formula is C23H22LiN3O4. The van der Waals surface area contributed by atoms with Gasteiger partial charge in [0, 0.05) is 36.8 Å². The minimum atomic E-state index is -1.44. The van der Waals surface area contributed by atoms with Crippen molar-refractivity contribution in [1.29, 1.82) is 0 Å². The molecule has 3 rings (SSSR count). The molecule has 31 heavy (non-hydrogen) atoms. The zero-order chi connectivity index (χ0) is 21.3. The fourth-order valence-electron chi connectivity index (χ4n) is 3.03. The summed E-state index contributed by atoms with van der Waals surface area (Å²) in [5, 5.41) is 26.0. The van der Waals surface area contributed by atoms with Crippen molar-refractivity contribution in [3.8, 4) is 11.1 Å². The summed E-state index contributed by atoms with van der Waals surface area (Å²) in [5.74, 6) is -1.98. The number of carboxylic acid groups (broad SMARTS) is 1. The number of nitrogens with zero attached hydrogens (tertiary/aromatic N) is 1. The van der Waals surface area contributed by atoms with E-state index >= 15 is 0 Å². The van der Waals surface area contributed by atoms with E-state index in [-0.39, 0.29) is 31.9 Å². The van der Waals surface area contributed by atoms with Gasteiger partial charge in [-0.1, -0.05) is 36.4 Å². The Morgan fingerprint density at radius 1 is 1.06 bits per heavy atom. The van der Waals surface area contributed by atoms with Crippen molar-refractivity contribution in [3.63, 3.8) is 0 Å². The number of carbonyl (C=O) groups is 2. The Morgan fingerprint density at radius 3 is 2.48 bits per heavy atom. The van der Waals surface area contributed by atoms with Gasteiger partial charge < -0.3 is 25.6 Å². The van der Waals surface area contributed by atoms with Gasteiger partial charge >= 0.3 is 18.9 Å². The SMILES string of the molecule is O=C(N[C@@H](CCO)C(=O)[O-])c1ccc(NCc2cccnc2)cc1-c1ccccc1.[Li+]. The summed E-state index contributed by atoms with van der Waals surface area (Å²) in [6.45, 7) is 0.193. The van der Waals surface area contributed by atoms with Crippen LogP contribution in [0.2, 0.25) is 0 Å². The predicted molar refractivity (Wildman–Crippen MR) is 111 cm³/mol. The van der Waals surface area contributed by atoms with E-state index < -0.39 is 17.9 Å². The number of aromatic nitrogens is 1. The van der Waals surface area contributed by atoms with Crippen LogP contribution in [0.4, 0.5) is 5.69 Å². The second-order valence-corrected chi connectivity index (χ2v) is 6.70. The average Bonchev–Trinajstić information content (AvgIpc) is 2.78. The number of amides is 1. The molecule has 1 atom stereocenters. The maximum absolute atomic E-state index is 12.8. The van der Waals surface area contributed by atoms with E-state index in [2.05, 4.69) is 15.6 Å². The van der Waals surface area contributed by atoms with Crippen LogP contribution in [-0.4, -0.2) is 34.6 Å². The van der Waals surface area contributed by atoms with Gasteiger partial charge in [-0.15, -0.1) is 0 Å². The van der Waals surface area contributed by atoms with E-state index in [1.165, 1.54) is 0 Å². The summed E-state index contributed by atoms with van der Waals surface area (Å²) >= 11 is 0. The van der Waals surface area contributed by atoms with Gasteiger partial charge in [-0.05, 0) is 47.4 Å². The van der Waals surface area contributed by atoms with Gasteiger partial charge in [-0.25, -0.2) is 0 Å². The van der Waals surface area contributed by atoms with Gasteiger partial charge in [-0.2, -0.15) is 0 Å². The van der Waals surface area contributed by atoms with E-state index in [4.69, 9.17) is 5.11 Å². The summed E-state index contributed by atoms with van der Waals surface area (Å²) < 4.78 is 0. The van der Waals surface area contributed by atoms with Crippen molar-refractivity contribution in [3.05, 3.63) is 84.2 Å². The molecule has 0 fully saturated rings. The topological polar surface area (TPSA) is 114 Å². The van der Waals surface area contributed by atoms with Crippen molar-refractivity contribution in [2.24, 2.45) is 0 Å². The van der Waals surface area contributed by atoms with Gasteiger partial charge in [-0.3, -0.25) is 9.78 Å². The number of nitrogens with one attached hydrogen (secondary N) is 2. The summed E-state index contributed by atoms with van der Waals surface area (Å²) in [6, 6.07) is 17.2. The van der Waals surface area contributed by atoms with Crippen molar-refractivity contribution < 1.29 is 38.7 Å². The molecule has 8 heteroatoms. The standard InChI is InChI=1S/C23H23N3O4.Li/c27-12-10-21(23(29)30)26-22(28)19-9-8-18(25-15-16-5-4-11-24-14-16)13-20(19)17-6-2-1-3-7-17;/h1-9,11,13-14,21,25,27H,10,12,15H2,(H,26,28)(H,29,30);/q;+1/p-1/t21-;/m0./s1. The smallest absolute Gasteiger partial charge is 0.548 e. The second-order valence-electron chi connectivity index (χ2n) is 6.70. The van der Waals surface area contributed by atoms with E-state index in [0.717, 1.165) is 16.8 Å². The van der Waals surface area contributed by atoms with Crippen LogP contribution in [-0.2, 0) is 11.3 Å². The molecule has 0 bridgehead atoms. The van der Waals surface area contributed by atoms with Gasteiger partial charge in [0.25, 0.3) is 5.91 Å². The number of aliphatic carboxylic acids is 1. The van der Waals surface area contributed by atoms with Crippen LogP contribution >= 0.6 is 0 Å². The average molecular weight is 411 g/mol. The number of hydrogen-bond donors (Lipinski definition) is 3. The van der Waals surface area contributed by atoms with Crippen molar-refractivity contribution >= 4 is 17.6 Å². The first-order chi connectivity index (χ1) is 14.6. The number of carbonyl (C=O) groups excluding carboxylic acids is 2. The van der Waals surface area contributed by atoms with Crippen LogP contribution < -0.4 is 34.6 Å². The summed E-state index contributed by atoms with van der Waals surface area (Å²) in [5.41, 5.74) is 3.63. The number of hydrogen-bond acceptors (Lipinski definition) is 6. The zero-order valence-electron chi connectivity index (χ0n) is 17.2. The van der Waals surface area contributed by atoms with Crippen molar-refractivity contribution in [2.45, 2.75) is 19.0 Å². The van der Waals surface area contributed by atoms with E-state index in [9.17, 15) is 14.7 Å². The molecule has 1 aromatic heterocycles. The molecule has 3 aromatic rings. The third-order valence-electron chi connectivity index (χ3n) is 4.58. The number of benzene rings is 2. The number of aliphatic hydroxyl groups is 1. The van der Waals surface area contributed by atoms with E-state index in [1.54, 1.807) is 24.5 Å². The number of aliphatic hydroxyl groups excluding tert-OH is 1. The Kier molecular flexibility index (Phi) is 9.29. The Hall–Kier alpha value is -3.11. The van der Waals surface area contributed by atoms with Crippen molar-refractivity contribution in [2.75, 3.05) is 11.9 Å². The maximum Gasteiger partial charge on any atom is 1.00 e. The van der Waals surface area contributed by atoms with Gasteiger partial charge in [0.1, 0.15) is 0 Å². The molecule has 7 nitrogen and oxygen atoms in total. The minimum absolute atomic E-state index is 0. The van der Waals surface area contributed by atoms with Crippen LogP contribution in [0, 0.1) is 0 Å². The van der Waals surface area contributed by atoms with Crippen LogP contribution in [0.1, 0.15) is 22.3 Å². The molecule has 3 N–H and O–H groups in total. The molecule has 0 spiro atoms. The van der Waals surface area contributed by atoms with Gasteiger partial charge in [0.15, 0.2) is 0 Å². The van der Waals surface area contributed by atoms with Gasteiger partial charge in [0.2, 0.25) is 0 Å². The van der Waals surface area contributed by atoms with Crippen LogP contribution in [0.5, 0.6) is 0 Å². The fraction of sp³-hybridized carbons (Fsp3) is 0.174. The summed E-state index contributed by atoms with van der Waals surface area (Å²) in [6.07, 6.45) is 3.36. The van der Waals surface area contributed by atoms with E-state index in [0.29, 0.717) is 17.7 Å². The van der Waals surface area contributed by atoms with Gasteiger partial charge in [0.05, 0.1) is 12.0 Å². The molecule has 0 unspecified atom stereocenters. The molecule has 0 aliphatic heterocycles. The number of pyridine rings is 1. The first kappa shape index (κ1) is 24.2. The molecule has 1 amide bonds. The van der Waals surface area contributed by atoms with Crippen LogP contribution in [0.15, 0.2) is 73.1 Å². The Labute approximate surface area is 192 Å². The first-order valence-corrected chi connectivity index (χ1v) is 9.53. The molecular weight excluding hydrogens is 389 g/mol. The van der Waals surface area contributed by atoms with Crippen LogP contribution in [0.25, 0.3) is 11.1 Å². The van der Waals surface area contributed by atoms with Crippen LogP contribution in [0.3, 0.4) is 0 Å². The Bertz CT molecular complexity index is 1000. The number of rotatable bonds is 9. The largest absolute Gasteiger partial charge is 1.00 e. The summed E-state index contributed by atoms with van der Waals surface area (Å²) in [7, 11) is 0. The molecule has 0 saturated heterocycles. The fourth-order valence-corrected chi connectivity index (χ4v) is 3.03. The normalized spacial score (nSPS) is 11.1. The quantitative estimate of drug-likeness (QED) is 0.373. The second kappa shape index (κ2) is 11.9. The first-order valence-electron chi connectivity index (χ1n) is 9.53. The molecule has 0 aliphatic carbocycles. The third-order valence-corrected chi connectivity index (χ3v) is 4.58. The molecule has 0 aliphatic rings. The summed E-state index contributed by atoms with van der Waals surface area (Å²) in [4.78, 5) is 28.1. The molecule has 0 saturated carbocycles. The number of anilines is 1. The minimum Gasteiger partial charge on any atom is -0.548 e. The zero-order valence-corrected chi connectivity index (χ0v) is 17.2. The van der Waals surface area contributed by atoms with E-state index in [1.807, 2.05) is 48.5 Å². The predicted octanol–water partition coefficient (Wildman–Crippen LogP) is -1.40. The third kappa shape index (κ3) is 6.69. The number of carboxylic acids is 1. The molecule has 154 valence electrons. The van der Waals surface area contributed by atoms with Crippen molar-refractivity contribution in [1.82, 2.24) is 10.3 Å². The molecule has 1 heterocycles. The Balaban J connectivity index is 0.00000341. The Morgan fingerprint density at radius 2 is 1.84 bits per heavy atom. The maximum atomic E-state index is 12.8. The molecule has 0 radical (unpaired) electrons. The molecule has 2 aromatic carbocycles.